The minimum Gasteiger partial charge on any atom is -0.316 e. The highest BCUT2D eigenvalue weighted by Crippen LogP contribution is 2.23. The van der Waals surface area contributed by atoms with Gasteiger partial charge >= 0.3 is 0 Å². The van der Waals surface area contributed by atoms with Crippen LogP contribution >= 0.6 is 0 Å². The van der Waals surface area contributed by atoms with E-state index in [0.717, 1.165) is 38.8 Å². The van der Waals surface area contributed by atoms with Crippen LogP contribution in [-0.4, -0.2) is 42.5 Å². The fourth-order valence-corrected chi connectivity index (χ4v) is 5.29. The number of rotatable bonds is 7. The molecular formula is C15H23N3O4S2. The maximum Gasteiger partial charge on any atom is 0.240 e. The van der Waals surface area contributed by atoms with Crippen LogP contribution in [0.3, 0.4) is 0 Å². The Morgan fingerprint density at radius 2 is 1.75 bits per heavy atom. The Hall–Kier alpha value is -1.00. The van der Waals surface area contributed by atoms with Gasteiger partial charge in [0.1, 0.15) is 0 Å². The van der Waals surface area contributed by atoms with Crippen molar-refractivity contribution in [2.24, 2.45) is 5.92 Å². The molecule has 0 aromatic heterocycles. The second-order valence-corrected chi connectivity index (χ2v) is 9.92. The van der Waals surface area contributed by atoms with E-state index >= 15 is 0 Å². The molecule has 1 unspecified atom stereocenters. The second-order valence-electron chi connectivity index (χ2n) is 6.43. The molecule has 0 amide bonds. The normalized spacial score (nSPS) is 22.4. The van der Waals surface area contributed by atoms with Crippen LogP contribution in [-0.2, 0) is 20.0 Å². The molecule has 134 valence electrons. The van der Waals surface area contributed by atoms with E-state index in [2.05, 4.69) is 14.8 Å². The van der Waals surface area contributed by atoms with Crippen molar-refractivity contribution >= 4 is 20.0 Å². The number of piperidine rings is 1. The number of benzene rings is 1. The number of nitrogens with one attached hydrogen (secondary N) is 3. The predicted octanol–water partition coefficient (Wildman–Crippen LogP) is 0.405. The average molecular weight is 374 g/mol. The van der Waals surface area contributed by atoms with Gasteiger partial charge in [-0.15, -0.1) is 0 Å². The summed E-state index contributed by atoms with van der Waals surface area (Å²) >= 11 is 0. The Morgan fingerprint density at radius 1 is 1.04 bits per heavy atom. The van der Waals surface area contributed by atoms with E-state index in [1.165, 1.54) is 24.3 Å². The van der Waals surface area contributed by atoms with E-state index in [-0.39, 0.29) is 21.8 Å². The van der Waals surface area contributed by atoms with Crippen LogP contribution in [0.1, 0.15) is 25.7 Å². The number of hydrogen-bond donors (Lipinski definition) is 3. The molecule has 1 aliphatic heterocycles. The van der Waals surface area contributed by atoms with Gasteiger partial charge in [0, 0.05) is 12.6 Å². The van der Waals surface area contributed by atoms with Crippen molar-refractivity contribution in [1.29, 1.82) is 0 Å². The van der Waals surface area contributed by atoms with Gasteiger partial charge < -0.3 is 5.32 Å². The van der Waals surface area contributed by atoms with Gasteiger partial charge in [0.2, 0.25) is 20.0 Å². The van der Waals surface area contributed by atoms with E-state index in [4.69, 9.17) is 0 Å². The van der Waals surface area contributed by atoms with Crippen molar-refractivity contribution in [3.63, 3.8) is 0 Å². The molecule has 0 bridgehead atoms. The van der Waals surface area contributed by atoms with E-state index in [0.29, 0.717) is 6.54 Å². The van der Waals surface area contributed by atoms with Gasteiger partial charge in [0.25, 0.3) is 0 Å². The van der Waals surface area contributed by atoms with Crippen LogP contribution in [0.5, 0.6) is 0 Å². The first-order chi connectivity index (χ1) is 11.4. The van der Waals surface area contributed by atoms with E-state index < -0.39 is 20.0 Å². The SMILES string of the molecule is O=S(=O)(NCC1CCCNC1)c1cccc(S(=O)(=O)NC2CC2)c1. The summed E-state index contributed by atoms with van der Waals surface area (Å²) in [5, 5.41) is 3.24. The summed E-state index contributed by atoms with van der Waals surface area (Å²) in [6.45, 7) is 2.12. The summed E-state index contributed by atoms with van der Waals surface area (Å²) < 4.78 is 54.5. The highest BCUT2D eigenvalue weighted by Gasteiger charge is 2.28. The van der Waals surface area contributed by atoms with Crippen LogP contribution in [0.2, 0.25) is 0 Å². The van der Waals surface area contributed by atoms with E-state index in [9.17, 15) is 16.8 Å². The molecule has 24 heavy (non-hydrogen) atoms. The summed E-state index contributed by atoms with van der Waals surface area (Å²) in [7, 11) is -7.39. The van der Waals surface area contributed by atoms with Gasteiger partial charge in [-0.05, 0) is 62.9 Å². The molecule has 0 radical (unpaired) electrons. The molecule has 2 fully saturated rings. The zero-order valence-corrected chi connectivity index (χ0v) is 15.0. The fourth-order valence-electron chi connectivity index (χ4n) is 2.71. The quantitative estimate of drug-likeness (QED) is 0.642. The molecule has 1 aliphatic carbocycles. The minimum absolute atomic E-state index is 0.0170. The van der Waals surface area contributed by atoms with Crippen LogP contribution < -0.4 is 14.8 Å². The molecule has 2 aliphatic rings. The average Bonchev–Trinajstić information content (AvgIpc) is 3.37. The lowest BCUT2D eigenvalue weighted by molar-refractivity contribution is 0.376. The lowest BCUT2D eigenvalue weighted by atomic mass is 10.0. The van der Waals surface area contributed by atoms with Gasteiger partial charge in [-0.3, -0.25) is 0 Å². The number of sulfonamides is 2. The van der Waals surface area contributed by atoms with Crippen LogP contribution in [0.25, 0.3) is 0 Å². The third kappa shape index (κ3) is 4.54. The van der Waals surface area contributed by atoms with Crippen molar-refractivity contribution < 1.29 is 16.8 Å². The third-order valence-electron chi connectivity index (χ3n) is 4.29. The molecule has 1 aromatic carbocycles. The Balaban J connectivity index is 1.71. The van der Waals surface area contributed by atoms with Crippen LogP contribution in [0, 0.1) is 5.92 Å². The summed E-state index contributed by atoms with van der Waals surface area (Å²) in [6, 6.07) is 5.48. The molecule has 9 heteroatoms. The van der Waals surface area contributed by atoms with E-state index in [1.54, 1.807) is 0 Å². The standard InChI is InChI=1S/C15H23N3O4S2/c19-23(20,17-11-12-3-2-8-16-10-12)14-4-1-5-15(9-14)24(21,22)18-13-6-7-13/h1,4-5,9,12-13,16-18H,2-3,6-8,10-11H2. The van der Waals surface area contributed by atoms with E-state index in [1.807, 2.05) is 0 Å². The minimum atomic E-state index is -3.73. The molecule has 0 spiro atoms. The third-order valence-corrected chi connectivity index (χ3v) is 7.23. The summed E-state index contributed by atoms with van der Waals surface area (Å²) in [4.78, 5) is -0.0402. The van der Waals surface area contributed by atoms with Crippen molar-refractivity contribution in [1.82, 2.24) is 14.8 Å². The van der Waals surface area contributed by atoms with Gasteiger partial charge in [-0.2, -0.15) is 0 Å². The molecule has 1 saturated carbocycles. The molecule has 7 nitrogen and oxygen atoms in total. The molecule has 3 rings (SSSR count). The molecule has 1 aromatic rings. The topological polar surface area (TPSA) is 104 Å². The van der Waals surface area contributed by atoms with Crippen molar-refractivity contribution in [2.75, 3.05) is 19.6 Å². The molecule has 1 saturated heterocycles. The van der Waals surface area contributed by atoms with Gasteiger partial charge in [-0.25, -0.2) is 26.3 Å². The van der Waals surface area contributed by atoms with Crippen molar-refractivity contribution in [3.8, 4) is 0 Å². The smallest absolute Gasteiger partial charge is 0.240 e. The van der Waals surface area contributed by atoms with Crippen LogP contribution in [0.4, 0.5) is 0 Å². The maximum absolute atomic E-state index is 12.4. The lowest BCUT2D eigenvalue weighted by Gasteiger charge is -2.22. The van der Waals surface area contributed by atoms with Gasteiger partial charge in [-0.1, -0.05) is 6.07 Å². The fraction of sp³-hybridized carbons (Fsp3) is 0.600. The highest BCUT2D eigenvalue weighted by atomic mass is 32.2. The summed E-state index contributed by atoms with van der Waals surface area (Å²) in [5.74, 6) is 0.261. The zero-order chi connectivity index (χ0) is 17.2. The Bertz CT molecular complexity index is 783. The van der Waals surface area contributed by atoms with Gasteiger partial charge in [0.05, 0.1) is 9.79 Å². The second kappa shape index (κ2) is 7.09. The highest BCUT2D eigenvalue weighted by molar-refractivity contribution is 7.90. The Kier molecular flexibility index (Phi) is 5.26. The molecule has 1 heterocycles. The van der Waals surface area contributed by atoms with Crippen LogP contribution in [0.15, 0.2) is 34.1 Å². The van der Waals surface area contributed by atoms with Gasteiger partial charge in [0.15, 0.2) is 0 Å². The number of hydrogen-bond acceptors (Lipinski definition) is 5. The van der Waals surface area contributed by atoms with Crippen molar-refractivity contribution in [3.05, 3.63) is 24.3 Å². The van der Waals surface area contributed by atoms with Crippen molar-refractivity contribution in [2.45, 2.75) is 41.5 Å². The summed E-state index contributed by atoms with van der Waals surface area (Å²) in [5.41, 5.74) is 0. The summed E-state index contributed by atoms with van der Waals surface area (Å²) in [6.07, 6.45) is 3.67. The maximum atomic E-state index is 12.4. The predicted molar refractivity (Wildman–Crippen MR) is 90.6 cm³/mol. The first-order valence-electron chi connectivity index (χ1n) is 8.20. The molecule has 1 atom stereocenters. The molecular weight excluding hydrogens is 350 g/mol. The Labute approximate surface area is 143 Å². The molecule has 3 N–H and O–H groups in total. The largest absolute Gasteiger partial charge is 0.316 e. The first kappa shape index (κ1) is 17.8. The Morgan fingerprint density at radius 3 is 2.38 bits per heavy atom. The first-order valence-corrected chi connectivity index (χ1v) is 11.2. The monoisotopic (exact) mass is 373 g/mol. The lowest BCUT2D eigenvalue weighted by Crippen LogP contribution is -2.38. The zero-order valence-electron chi connectivity index (χ0n) is 13.4.